The van der Waals surface area contributed by atoms with E-state index in [2.05, 4.69) is 15.3 Å². The van der Waals surface area contributed by atoms with Crippen LogP contribution in [0.2, 0.25) is 0 Å². The molecule has 0 atom stereocenters. The van der Waals surface area contributed by atoms with Crippen molar-refractivity contribution in [3.05, 3.63) is 55.3 Å². The molecule has 2 heterocycles. The molecule has 1 amide bonds. The highest BCUT2D eigenvalue weighted by atomic mass is 32.1. The molecule has 122 valence electrons. The molecule has 1 aromatic carbocycles. The van der Waals surface area contributed by atoms with Crippen LogP contribution in [0.1, 0.15) is 20.4 Å². The van der Waals surface area contributed by atoms with E-state index in [0.29, 0.717) is 21.4 Å². The van der Waals surface area contributed by atoms with Gasteiger partial charge in [-0.3, -0.25) is 20.2 Å². The summed E-state index contributed by atoms with van der Waals surface area (Å²) in [5.74, 6) is -0.234. The van der Waals surface area contributed by atoms with Gasteiger partial charge in [0, 0.05) is 23.1 Å². The van der Waals surface area contributed by atoms with Gasteiger partial charge in [0.2, 0.25) is 0 Å². The average Bonchev–Trinajstić information content (AvgIpc) is 3.13. The van der Waals surface area contributed by atoms with Gasteiger partial charge < -0.3 is 0 Å². The van der Waals surface area contributed by atoms with Crippen molar-refractivity contribution < 1.29 is 9.72 Å². The zero-order valence-electron chi connectivity index (χ0n) is 12.8. The minimum atomic E-state index is -0.449. The predicted octanol–water partition coefficient (Wildman–Crippen LogP) is 4.04. The molecule has 0 unspecified atom stereocenters. The number of nitrogens with one attached hydrogen (secondary N) is 1. The second-order valence-electron chi connectivity index (χ2n) is 4.94. The maximum Gasteiger partial charge on any atom is 0.269 e. The van der Waals surface area contributed by atoms with Crippen LogP contribution in [0.5, 0.6) is 0 Å². The number of nitro groups is 1. The number of non-ortho nitro benzene ring substituents is 1. The normalized spacial score (nSPS) is 10.6. The molecular weight excluding hydrogens is 348 g/mol. The number of rotatable bonds is 4. The first-order valence-electron chi connectivity index (χ1n) is 6.90. The van der Waals surface area contributed by atoms with Crippen LogP contribution >= 0.6 is 22.7 Å². The van der Waals surface area contributed by atoms with E-state index in [1.807, 2.05) is 6.92 Å². The molecule has 0 aliphatic rings. The summed E-state index contributed by atoms with van der Waals surface area (Å²) in [4.78, 5) is 31.7. The molecular formula is C15H12N4O3S2. The number of anilines is 1. The molecule has 0 saturated carbocycles. The van der Waals surface area contributed by atoms with Gasteiger partial charge in [-0.2, -0.15) is 0 Å². The molecule has 2 aromatic heterocycles. The Morgan fingerprint density at radius 3 is 2.50 bits per heavy atom. The molecule has 0 fully saturated rings. The first-order valence-corrected chi connectivity index (χ1v) is 8.59. The van der Waals surface area contributed by atoms with E-state index in [1.165, 1.54) is 34.8 Å². The fourth-order valence-electron chi connectivity index (χ4n) is 2.11. The van der Waals surface area contributed by atoms with Crippen molar-refractivity contribution in [3.63, 3.8) is 0 Å². The van der Waals surface area contributed by atoms with E-state index in [0.717, 1.165) is 10.6 Å². The van der Waals surface area contributed by atoms with Crippen molar-refractivity contribution >= 4 is 39.4 Å². The predicted molar refractivity (Wildman–Crippen MR) is 93.7 cm³/mol. The summed E-state index contributed by atoms with van der Waals surface area (Å²) in [5.41, 5.74) is 2.13. The Kier molecular flexibility index (Phi) is 4.36. The van der Waals surface area contributed by atoms with Gasteiger partial charge in [-0.1, -0.05) is 0 Å². The van der Waals surface area contributed by atoms with Gasteiger partial charge in [-0.25, -0.2) is 9.97 Å². The largest absolute Gasteiger partial charge is 0.297 e. The Balaban J connectivity index is 1.77. The smallest absolute Gasteiger partial charge is 0.269 e. The van der Waals surface area contributed by atoms with Crippen LogP contribution in [-0.2, 0) is 0 Å². The number of nitrogens with zero attached hydrogens (tertiary/aromatic N) is 3. The second kappa shape index (κ2) is 6.46. The molecule has 3 rings (SSSR count). The van der Waals surface area contributed by atoms with Gasteiger partial charge in [0.05, 0.1) is 21.3 Å². The highest BCUT2D eigenvalue weighted by Crippen LogP contribution is 2.27. The van der Waals surface area contributed by atoms with E-state index < -0.39 is 4.92 Å². The van der Waals surface area contributed by atoms with Crippen LogP contribution in [0.4, 0.5) is 10.8 Å². The fourth-order valence-corrected chi connectivity index (χ4v) is 3.64. The molecule has 3 aromatic rings. The van der Waals surface area contributed by atoms with Crippen molar-refractivity contribution in [2.75, 3.05) is 5.32 Å². The van der Waals surface area contributed by atoms with Crippen LogP contribution < -0.4 is 5.32 Å². The Bertz CT molecular complexity index is 915. The molecule has 0 radical (unpaired) electrons. The summed E-state index contributed by atoms with van der Waals surface area (Å²) < 4.78 is 0. The number of nitro benzene ring substituents is 1. The van der Waals surface area contributed by atoms with Crippen LogP contribution in [0.25, 0.3) is 11.3 Å². The minimum absolute atomic E-state index is 0.0264. The van der Waals surface area contributed by atoms with Gasteiger partial charge >= 0.3 is 0 Å². The van der Waals surface area contributed by atoms with Crippen molar-refractivity contribution in [2.45, 2.75) is 13.8 Å². The Morgan fingerprint density at radius 1 is 1.21 bits per heavy atom. The number of aryl methyl sites for hydroxylation is 2. The Labute approximate surface area is 145 Å². The minimum Gasteiger partial charge on any atom is -0.297 e. The van der Waals surface area contributed by atoms with E-state index in [-0.39, 0.29) is 11.6 Å². The molecule has 0 aliphatic carbocycles. The maximum atomic E-state index is 12.3. The van der Waals surface area contributed by atoms with Crippen LogP contribution in [0.3, 0.4) is 0 Å². The maximum absolute atomic E-state index is 12.3. The molecule has 0 saturated heterocycles. The summed E-state index contributed by atoms with van der Waals surface area (Å²) in [6, 6.07) is 6.12. The molecule has 1 N–H and O–H groups in total. The van der Waals surface area contributed by atoms with E-state index in [4.69, 9.17) is 0 Å². The lowest BCUT2D eigenvalue weighted by molar-refractivity contribution is -0.384. The molecule has 0 spiro atoms. The van der Waals surface area contributed by atoms with Crippen molar-refractivity contribution in [1.82, 2.24) is 9.97 Å². The van der Waals surface area contributed by atoms with Gasteiger partial charge in [0.25, 0.3) is 11.6 Å². The third-order valence-electron chi connectivity index (χ3n) is 3.21. The van der Waals surface area contributed by atoms with Crippen molar-refractivity contribution in [3.8, 4) is 11.3 Å². The SMILES string of the molecule is Cc1nc(C)c(C(=O)Nc2nc(-c3ccc([N+](=O)[O-])cc3)cs2)s1. The molecule has 24 heavy (non-hydrogen) atoms. The highest BCUT2D eigenvalue weighted by Gasteiger charge is 2.16. The molecule has 0 bridgehead atoms. The van der Waals surface area contributed by atoms with Crippen molar-refractivity contribution in [2.24, 2.45) is 0 Å². The van der Waals surface area contributed by atoms with Crippen LogP contribution in [0, 0.1) is 24.0 Å². The number of hydrogen-bond acceptors (Lipinski definition) is 7. The number of hydrogen-bond donors (Lipinski definition) is 1. The first kappa shape index (κ1) is 16.2. The standard InChI is InChI=1S/C15H12N4O3S2/c1-8-13(24-9(2)16-8)14(20)18-15-17-12(7-23-15)10-3-5-11(6-4-10)19(21)22/h3-7H,1-2H3,(H,17,18,20). The van der Waals surface area contributed by atoms with Gasteiger partial charge in [-0.15, -0.1) is 22.7 Å². The number of carbonyl (C=O) groups is 1. The monoisotopic (exact) mass is 360 g/mol. The van der Waals surface area contributed by atoms with E-state index in [1.54, 1.807) is 24.4 Å². The van der Waals surface area contributed by atoms with Gasteiger partial charge in [-0.05, 0) is 26.0 Å². The quantitative estimate of drug-likeness (QED) is 0.559. The highest BCUT2D eigenvalue weighted by molar-refractivity contribution is 7.15. The van der Waals surface area contributed by atoms with E-state index in [9.17, 15) is 14.9 Å². The summed E-state index contributed by atoms with van der Waals surface area (Å²) in [7, 11) is 0. The topological polar surface area (TPSA) is 98.0 Å². The Hall–Kier alpha value is -2.65. The number of carbonyl (C=O) groups excluding carboxylic acids is 1. The van der Waals surface area contributed by atoms with E-state index >= 15 is 0 Å². The lowest BCUT2D eigenvalue weighted by atomic mass is 10.1. The lowest BCUT2D eigenvalue weighted by Crippen LogP contribution is -2.11. The second-order valence-corrected chi connectivity index (χ2v) is 7.00. The number of amides is 1. The third kappa shape index (κ3) is 3.31. The summed E-state index contributed by atoms with van der Waals surface area (Å²) in [6.07, 6.45) is 0. The van der Waals surface area contributed by atoms with Crippen molar-refractivity contribution in [1.29, 1.82) is 0 Å². The fraction of sp³-hybridized carbons (Fsp3) is 0.133. The van der Waals surface area contributed by atoms with Gasteiger partial charge in [0.1, 0.15) is 4.88 Å². The number of thiazole rings is 2. The summed E-state index contributed by atoms with van der Waals surface area (Å²) in [6.45, 7) is 3.65. The summed E-state index contributed by atoms with van der Waals surface area (Å²) in [5, 5.41) is 16.5. The lowest BCUT2D eigenvalue weighted by Gasteiger charge is -1.99. The third-order valence-corrected chi connectivity index (χ3v) is 5.04. The first-order chi connectivity index (χ1) is 11.4. The van der Waals surface area contributed by atoms with Gasteiger partial charge in [0.15, 0.2) is 5.13 Å². The Morgan fingerprint density at radius 2 is 1.92 bits per heavy atom. The molecule has 9 heteroatoms. The number of benzene rings is 1. The van der Waals surface area contributed by atoms with Crippen LogP contribution in [0.15, 0.2) is 29.6 Å². The zero-order valence-corrected chi connectivity index (χ0v) is 14.4. The summed E-state index contributed by atoms with van der Waals surface area (Å²) >= 11 is 2.64. The molecule has 7 nitrogen and oxygen atoms in total. The molecule has 0 aliphatic heterocycles. The number of aromatic nitrogens is 2. The van der Waals surface area contributed by atoms with Crippen LogP contribution in [-0.4, -0.2) is 20.8 Å². The zero-order chi connectivity index (χ0) is 17.3. The average molecular weight is 360 g/mol.